The minimum absolute atomic E-state index is 0.0821. The van der Waals surface area contributed by atoms with Crippen molar-refractivity contribution in [2.24, 2.45) is 0 Å². The Morgan fingerprint density at radius 1 is 1.31 bits per heavy atom. The molecule has 6 heteroatoms. The van der Waals surface area contributed by atoms with Crippen LogP contribution in [0.1, 0.15) is 18.5 Å². The highest BCUT2D eigenvalue weighted by atomic mass is 19.4. The molecule has 0 bridgehead atoms. The third kappa shape index (κ3) is 1.15. The Kier molecular flexibility index (Phi) is 1.65. The Morgan fingerprint density at radius 2 is 2.06 bits per heavy atom. The van der Waals surface area contributed by atoms with Crippen molar-refractivity contribution in [2.75, 3.05) is 0 Å². The Balaban J connectivity index is 2.14. The number of hydrogen-bond acceptors (Lipinski definition) is 2. The summed E-state index contributed by atoms with van der Waals surface area (Å²) >= 11 is 0. The molecule has 0 atom stereocenters. The lowest BCUT2D eigenvalue weighted by molar-refractivity contribution is -0.161. The lowest BCUT2D eigenvalue weighted by Crippen LogP contribution is -2.29. The zero-order chi connectivity index (χ0) is 11.4. The van der Waals surface area contributed by atoms with E-state index in [9.17, 15) is 13.2 Å². The number of nitrogens with zero attached hydrogens (tertiary/aromatic N) is 3. The minimum Gasteiger partial charge on any atom is -0.237 e. The van der Waals surface area contributed by atoms with E-state index >= 15 is 0 Å². The maximum atomic E-state index is 12.8. The van der Waals surface area contributed by atoms with Gasteiger partial charge in [0.15, 0.2) is 5.65 Å². The van der Waals surface area contributed by atoms with Crippen molar-refractivity contribution in [3.05, 3.63) is 30.2 Å². The quantitative estimate of drug-likeness (QED) is 0.748. The molecule has 84 valence electrons. The van der Waals surface area contributed by atoms with Crippen molar-refractivity contribution in [2.45, 2.75) is 24.4 Å². The van der Waals surface area contributed by atoms with Crippen LogP contribution in [-0.4, -0.2) is 20.8 Å². The van der Waals surface area contributed by atoms with E-state index in [2.05, 4.69) is 10.1 Å². The predicted molar refractivity (Wildman–Crippen MR) is 50.0 cm³/mol. The Morgan fingerprint density at radius 3 is 2.62 bits per heavy atom. The summed E-state index contributed by atoms with van der Waals surface area (Å²) in [6.45, 7) is 0. The van der Waals surface area contributed by atoms with Crippen LogP contribution < -0.4 is 0 Å². The van der Waals surface area contributed by atoms with Crippen molar-refractivity contribution < 1.29 is 13.2 Å². The molecule has 0 N–H and O–H groups in total. The van der Waals surface area contributed by atoms with Crippen molar-refractivity contribution in [3.63, 3.8) is 0 Å². The predicted octanol–water partition coefficient (Wildman–Crippen LogP) is 2.32. The number of aromatic nitrogens is 3. The van der Waals surface area contributed by atoms with Crippen LogP contribution in [0.3, 0.4) is 0 Å². The molecule has 1 aliphatic rings. The number of hydrogen-bond donors (Lipinski definition) is 0. The number of rotatable bonds is 1. The van der Waals surface area contributed by atoms with E-state index in [4.69, 9.17) is 0 Å². The molecular formula is C10H8F3N3. The fourth-order valence-corrected chi connectivity index (χ4v) is 1.87. The Labute approximate surface area is 88.9 Å². The summed E-state index contributed by atoms with van der Waals surface area (Å²) < 4.78 is 39.9. The number of alkyl halides is 3. The first-order valence-corrected chi connectivity index (χ1v) is 4.91. The van der Waals surface area contributed by atoms with Crippen molar-refractivity contribution in [1.29, 1.82) is 0 Å². The van der Waals surface area contributed by atoms with Gasteiger partial charge in [0.05, 0.1) is 5.69 Å². The van der Waals surface area contributed by atoms with Crippen LogP contribution in [-0.2, 0) is 5.41 Å². The Bertz CT molecular complexity index is 506. The largest absolute Gasteiger partial charge is 0.400 e. The standard InChI is InChI=1S/C10H8F3N3/c11-10(12,13)9(2-3-9)7-6-8-14-4-1-5-16(8)15-7/h1,4-6H,2-3H2. The summed E-state index contributed by atoms with van der Waals surface area (Å²) in [4.78, 5) is 3.96. The maximum Gasteiger partial charge on any atom is 0.400 e. The number of fused-ring (bicyclic) bond motifs is 1. The van der Waals surface area contributed by atoms with E-state index < -0.39 is 11.6 Å². The molecule has 2 heterocycles. The van der Waals surface area contributed by atoms with Gasteiger partial charge in [-0.25, -0.2) is 9.50 Å². The lowest BCUT2D eigenvalue weighted by Gasteiger charge is -2.15. The van der Waals surface area contributed by atoms with Crippen LogP contribution in [0.25, 0.3) is 5.65 Å². The first-order valence-electron chi connectivity index (χ1n) is 4.91. The van der Waals surface area contributed by atoms with Crippen LogP contribution in [0.4, 0.5) is 13.2 Å². The van der Waals surface area contributed by atoms with Gasteiger partial charge in [0.2, 0.25) is 0 Å². The van der Waals surface area contributed by atoms with Gasteiger partial charge < -0.3 is 0 Å². The van der Waals surface area contributed by atoms with E-state index in [1.807, 2.05) is 0 Å². The molecule has 1 fully saturated rings. The van der Waals surface area contributed by atoms with E-state index in [0.29, 0.717) is 5.65 Å². The molecule has 3 rings (SSSR count). The molecule has 0 amide bonds. The highest BCUT2D eigenvalue weighted by Gasteiger charge is 2.65. The molecule has 0 aromatic carbocycles. The fourth-order valence-electron chi connectivity index (χ4n) is 1.87. The van der Waals surface area contributed by atoms with E-state index in [1.165, 1.54) is 16.8 Å². The van der Waals surface area contributed by atoms with Gasteiger partial charge in [-0.15, -0.1) is 0 Å². The molecule has 0 spiro atoms. The third-order valence-corrected chi connectivity index (χ3v) is 3.02. The lowest BCUT2D eigenvalue weighted by atomic mass is 10.0. The van der Waals surface area contributed by atoms with Crippen LogP contribution in [0.2, 0.25) is 0 Å². The van der Waals surface area contributed by atoms with Crippen molar-refractivity contribution >= 4 is 5.65 Å². The molecule has 1 aliphatic carbocycles. The Hall–Kier alpha value is -1.59. The van der Waals surface area contributed by atoms with Gasteiger partial charge in [-0.05, 0) is 18.9 Å². The first kappa shape index (κ1) is 9.62. The van der Waals surface area contributed by atoms with Crippen molar-refractivity contribution in [1.82, 2.24) is 14.6 Å². The third-order valence-electron chi connectivity index (χ3n) is 3.02. The molecule has 0 unspecified atom stereocenters. The van der Waals surface area contributed by atoms with Crippen LogP contribution in [0, 0.1) is 0 Å². The minimum atomic E-state index is -4.22. The topological polar surface area (TPSA) is 30.2 Å². The van der Waals surface area contributed by atoms with Crippen LogP contribution in [0.15, 0.2) is 24.5 Å². The first-order chi connectivity index (χ1) is 7.53. The number of halogens is 3. The van der Waals surface area contributed by atoms with Gasteiger partial charge in [-0.3, -0.25) is 0 Å². The fraction of sp³-hybridized carbons (Fsp3) is 0.400. The van der Waals surface area contributed by atoms with E-state index in [-0.39, 0.29) is 18.5 Å². The summed E-state index contributed by atoms with van der Waals surface area (Å²) in [5.74, 6) is 0. The normalized spacial score (nSPS) is 18.9. The van der Waals surface area contributed by atoms with E-state index in [0.717, 1.165) is 0 Å². The van der Waals surface area contributed by atoms with Gasteiger partial charge >= 0.3 is 6.18 Å². The molecule has 2 aromatic heterocycles. The van der Waals surface area contributed by atoms with Gasteiger partial charge in [0.25, 0.3) is 0 Å². The average molecular weight is 227 g/mol. The zero-order valence-corrected chi connectivity index (χ0v) is 8.20. The molecular weight excluding hydrogens is 219 g/mol. The second-order valence-electron chi connectivity index (χ2n) is 4.03. The SMILES string of the molecule is FC(F)(F)C1(c2cc3ncccn3n2)CC1. The highest BCUT2D eigenvalue weighted by Crippen LogP contribution is 2.58. The zero-order valence-electron chi connectivity index (χ0n) is 8.20. The summed E-state index contributed by atoms with van der Waals surface area (Å²) in [7, 11) is 0. The molecule has 3 nitrogen and oxygen atoms in total. The van der Waals surface area contributed by atoms with Gasteiger partial charge in [0.1, 0.15) is 5.41 Å². The molecule has 0 radical (unpaired) electrons. The highest BCUT2D eigenvalue weighted by molar-refractivity contribution is 5.43. The molecule has 1 saturated carbocycles. The van der Waals surface area contributed by atoms with Gasteiger partial charge in [-0.1, -0.05) is 0 Å². The smallest absolute Gasteiger partial charge is 0.237 e. The molecule has 2 aromatic rings. The van der Waals surface area contributed by atoms with Gasteiger partial charge in [0, 0.05) is 18.5 Å². The summed E-state index contributed by atoms with van der Waals surface area (Å²) in [6.07, 6.45) is -0.835. The van der Waals surface area contributed by atoms with Gasteiger partial charge in [-0.2, -0.15) is 18.3 Å². The molecule has 0 aliphatic heterocycles. The summed E-state index contributed by atoms with van der Waals surface area (Å²) in [6, 6.07) is 3.05. The monoisotopic (exact) mass is 227 g/mol. The summed E-state index contributed by atoms with van der Waals surface area (Å²) in [5, 5.41) is 3.95. The maximum absolute atomic E-state index is 12.8. The average Bonchev–Trinajstić information content (AvgIpc) is 2.92. The van der Waals surface area contributed by atoms with Crippen LogP contribution in [0.5, 0.6) is 0 Å². The second-order valence-corrected chi connectivity index (χ2v) is 4.03. The van der Waals surface area contributed by atoms with Crippen LogP contribution >= 0.6 is 0 Å². The molecule has 16 heavy (non-hydrogen) atoms. The summed E-state index contributed by atoms with van der Waals surface area (Å²) in [5.41, 5.74) is -1.19. The van der Waals surface area contributed by atoms with Crippen molar-refractivity contribution in [3.8, 4) is 0 Å². The molecule has 0 saturated heterocycles. The second kappa shape index (κ2) is 2.75. The van der Waals surface area contributed by atoms with E-state index in [1.54, 1.807) is 12.3 Å².